The van der Waals surface area contributed by atoms with E-state index in [2.05, 4.69) is 236 Å². The molecule has 298 valence electrons. The maximum Gasteiger partial charge on any atom is 0.252 e. The highest BCUT2D eigenvalue weighted by molar-refractivity contribution is 7.00. The van der Waals surface area contributed by atoms with Gasteiger partial charge in [0.15, 0.2) is 0 Å². The highest BCUT2D eigenvalue weighted by Crippen LogP contribution is 2.51. The standard InChI is InChI=1S/C61H41BN2/c1-61(2)52-24-14-13-23-50(52)51-26-25-42(31-53(51)61)47-36-58-60-59(37-47)64(49-21-7-4-8-22-49)57-35-46-30-41-18-12-10-16-39(41)28-44(46)33-55(57)62(60)54-32-43-27-38-15-9-11-17-40(38)29-45(43)34-56(54)63(58)48-19-5-3-6-20-48/h3-37H,1-2H3. The minimum absolute atomic E-state index is 0.0239. The topological polar surface area (TPSA) is 6.48 Å². The van der Waals surface area contributed by atoms with Gasteiger partial charge in [0.1, 0.15) is 0 Å². The lowest BCUT2D eigenvalue weighted by Crippen LogP contribution is -2.61. The Hall–Kier alpha value is -7.88. The fourth-order valence-electron chi connectivity index (χ4n) is 11.6. The molecule has 1 aliphatic carbocycles. The maximum absolute atomic E-state index is 2.55. The Morgan fingerprint density at radius 2 is 0.766 bits per heavy atom. The lowest BCUT2D eigenvalue weighted by molar-refractivity contribution is 0.660. The van der Waals surface area contributed by atoms with Crippen LogP contribution in [0.15, 0.2) is 212 Å². The summed E-state index contributed by atoms with van der Waals surface area (Å²) in [6.45, 7) is 4.74. The van der Waals surface area contributed by atoms with Crippen molar-refractivity contribution in [2.24, 2.45) is 0 Å². The highest BCUT2D eigenvalue weighted by Gasteiger charge is 2.44. The summed E-state index contributed by atoms with van der Waals surface area (Å²) in [5.74, 6) is 0. The van der Waals surface area contributed by atoms with Crippen LogP contribution in [0.1, 0.15) is 25.0 Å². The van der Waals surface area contributed by atoms with Gasteiger partial charge in [-0.3, -0.25) is 0 Å². The molecule has 11 aromatic carbocycles. The zero-order valence-electron chi connectivity index (χ0n) is 35.7. The summed E-state index contributed by atoms with van der Waals surface area (Å²) in [5.41, 5.74) is 18.9. The Bertz CT molecular complexity index is 3590. The Labute approximate surface area is 373 Å². The second-order valence-corrected chi connectivity index (χ2v) is 18.5. The number of nitrogens with zero attached hydrogens (tertiary/aromatic N) is 2. The van der Waals surface area contributed by atoms with Crippen LogP contribution in [0.25, 0.3) is 65.3 Å². The van der Waals surface area contributed by atoms with Gasteiger partial charge in [0.2, 0.25) is 0 Å². The molecule has 0 amide bonds. The van der Waals surface area contributed by atoms with E-state index >= 15 is 0 Å². The molecule has 0 saturated carbocycles. The fraction of sp³-hybridized carbons (Fsp3) is 0.0492. The van der Waals surface area contributed by atoms with E-state index in [1.54, 1.807) is 0 Å². The molecule has 0 aromatic heterocycles. The molecule has 0 spiro atoms. The van der Waals surface area contributed by atoms with Crippen LogP contribution in [0.5, 0.6) is 0 Å². The zero-order chi connectivity index (χ0) is 42.3. The molecule has 3 heteroatoms. The van der Waals surface area contributed by atoms with Crippen molar-refractivity contribution >= 4 is 100 Å². The molecule has 14 rings (SSSR count). The molecule has 2 heterocycles. The number of hydrogen-bond acceptors (Lipinski definition) is 2. The summed E-state index contributed by atoms with van der Waals surface area (Å²) < 4.78 is 0. The molecule has 0 atom stereocenters. The Kier molecular flexibility index (Phi) is 7.29. The summed E-state index contributed by atoms with van der Waals surface area (Å²) in [6, 6.07) is 80.2. The van der Waals surface area contributed by atoms with Gasteiger partial charge in [-0.25, -0.2) is 0 Å². The number of hydrogen-bond donors (Lipinski definition) is 0. The molecule has 0 unspecified atom stereocenters. The van der Waals surface area contributed by atoms with Gasteiger partial charge in [-0.05, 0) is 172 Å². The average Bonchev–Trinajstić information content (AvgIpc) is 3.56. The number of para-hydroxylation sites is 2. The van der Waals surface area contributed by atoms with E-state index in [-0.39, 0.29) is 12.1 Å². The smallest absolute Gasteiger partial charge is 0.252 e. The first-order chi connectivity index (χ1) is 31.5. The first kappa shape index (κ1) is 35.7. The van der Waals surface area contributed by atoms with Gasteiger partial charge in [0.05, 0.1) is 0 Å². The Morgan fingerprint density at radius 1 is 0.328 bits per heavy atom. The second kappa shape index (κ2) is 13.1. The predicted octanol–water partition coefficient (Wildman–Crippen LogP) is 14.4. The lowest BCUT2D eigenvalue weighted by atomic mass is 9.33. The van der Waals surface area contributed by atoms with E-state index in [9.17, 15) is 0 Å². The molecule has 0 saturated heterocycles. The normalized spacial score (nSPS) is 14.1. The quantitative estimate of drug-likeness (QED) is 0.130. The molecule has 2 aliphatic heterocycles. The number of benzene rings is 11. The van der Waals surface area contributed by atoms with Crippen molar-refractivity contribution in [3.63, 3.8) is 0 Å². The molecular formula is C61H41BN2. The van der Waals surface area contributed by atoms with Crippen LogP contribution in [-0.4, -0.2) is 6.71 Å². The van der Waals surface area contributed by atoms with Gasteiger partial charge in [0, 0.05) is 39.5 Å². The molecule has 0 bridgehead atoms. The van der Waals surface area contributed by atoms with E-state index in [1.807, 2.05) is 0 Å². The van der Waals surface area contributed by atoms with Crippen molar-refractivity contribution in [3.8, 4) is 22.3 Å². The predicted molar refractivity (Wildman–Crippen MR) is 273 cm³/mol. The third kappa shape index (κ3) is 5.04. The summed E-state index contributed by atoms with van der Waals surface area (Å²) >= 11 is 0. The number of fused-ring (bicyclic) bond motifs is 11. The molecule has 11 aromatic rings. The third-order valence-electron chi connectivity index (χ3n) is 14.7. The van der Waals surface area contributed by atoms with Crippen LogP contribution in [0.3, 0.4) is 0 Å². The molecular weight excluding hydrogens is 771 g/mol. The lowest BCUT2D eigenvalue weighted by Gasteiger charge is -2.44. The zero-order valence-corrected chi connectivity index (χ0v) is 35.7. The van der Waals surface area contributed by atoms with E-state index < -0.39 is 0 Å². The minimum Gasteiger partial charge on any atom is -0.311 e. The van der Waals surface area contributed by atoms with Crippen molar-refractivity contribution in [1.82, 2.24) is 0 Å². The van der Waals surface area contributed by atoms with E-state index in [0.717, 1.165) is 11.4 Å². The monoisotopic (exact) mass is 812 g/mol. The fourth-order valence-corrected chi connectivity index (χ4v) is 11.6. The third-order valence-corrected chi connectivity index (χ3v) is 14.7. The van der Waals surface area contributed by atoms with Crippen molar-refractivity contribution < 1.29 is 0 Å². The Morgan fingerprint density at radius 3 is 1.28 bits per heavy atom. The first-order valence-corrected chi connectivity index (χ1v) is 22.5. The molecule has 2 nitrogen and oxygen atoms in total. The van der Waals surface area contributed by atoms with Gasteiger partial charge < -0.3 is 9.80 Å². The largest absolute Gasteiger partial charge is 0.311 e. The van der Waals surface area contributed by atoms with Crippen LogP contribution in [-0.2, 0) is 5.41 Å². The Balaban J connectivity index is 1.11. The summed E-state index contributed by atoms with van der Waals surface area (Å²) in [7, 11) is 0. The molecule has 0 fully saturated rings. The van der Waals surface area contributed by atoms with Crippen molar-refractivity contribution in [3.05, 3.63) is 223 Å². The van der Waals surface area contributed by atoms with E-state index in [1.165, 1.54) is 116 Å². The van der Waals surface area contributed by atoms with E-state index in [0.29, 0.717) is 0 Å². The van der Waals surface area contributed by atoms with E-state index in [4.69, 9.17) is 0 Å². The van der Waals surface area contributed by atoms with Gasteiger partial charge in [-0.2, -0.15) is 0 Å². The van der Waals surface area contributed by atoms with Crippen LogP contribution in [0, 0.1) is 0 Å². The van der Waals surface area contributed by atoms with Gasteiger partial charge in [-0.15, -0.1) is 0 Å². The van der Waals surface area contributed by atoms with Gasteiger partial charge in [0.25, 0.3) is 6.71 Å². The summed E-state index contributed by atoms with van der Waals surface area (Å²) in [6.07, 6.45) is 0. The molecule has 0 N–H and O–H groups in total. The molecule has 64 heavy (non-hydrogen) atoms. The number of anilines is 6. The summed E-state index contributed by atoms with van der Waals surface area (Å²) in [5, 5.41) is 10.0. The van der Waals surface area contributed by atoms with Crippen molar-refractivity contribution in [2.75, 3.05) is 9.80 Å². The summed E-state index contributed by atoms with van der Waals surface area (Å²) in [4.78, 5) is 5.11. The number of rotatable bonds is 3. The van der Waals surface area contributed by atoms with Gasteiger partial charge in [-0.1, -0.05) is 147 Å². The van der Waals surface area contributed by atoms with Crippen LogP contribution in [0.2, 0.25) is 0 Å². The van der Waals surface area contributed by atoms with Crippen molar-refractivity contribution in [2.45, 2.75) is 19.3 Å². The highest BCUT2D eigenvalue weighted by atomic mass is 15.2. The maximum atomic E-state index is 2.55. The second-order valence-electron chi connectivity index (χ2n) is 18.5. The van der Waals surface area contributed by atoms with Crippen LogP contribution < -0.4 is 26.2 Å². The van der Waals surface area contributed by atoms with Gasteiger partial charge >= 0.3 is 0 Å². The SMILES string of the molecule is CC1(C)c2ccccc2-c2ccc(-c3cc4c5c(c3)N(c3ccccc3)c3cc6cc7ccccc7cc6cc3B5c3cc5cc6ccccc6cc5cc3N4c3ccccc3)cc21. The van der Waals surface area contributed by atoms with Crippen molar-refractivity contribution in [1.29, 1.82) is 0 Å². The average molecular weight is 813 g/mol. The minimum atomic E-state index is -0.115. The van der Waals surface area contributed by atoms with Crippen LogP contribution in [0.4, 0.5) is 34.1 Å². The molecule has 3 aliphatic rings. The first-order valence-electron chi connectivity index (χ1n) is 22.5. The van der Waals surface area contributed by atoms with Crippen LogP contribution >= 0.6 is 0 Å². The molecule has 0 radical (unpaired) electrons.